The fourth-order valence-corrected chi connectivity index (χ4v) is 3.85. The average Bonchev–Trinajstić information content (AvgIpc) is 3.35. The van der Waals surface area contributed by atoms with Gasteiger partial charge in [0.15, 0.2) is 0 Å². The van der Waals surface area contributed by atoms with Crippen LogP contribution in [0.15, 0.2) is 42.5 Å². The summed E-state index contributed by atoms with van der Waals surface area (Å²) >= 11 is 6.07. The minimum Gasteiger partial charge on any atom is -0.398 e. The van der Waals surface area contributed by atoms with Crippen molar-refractivity contribution in [3.8, 4) is 0 Å². The number of amides is 1. The van der Waals surface area contributed by atoms with E-state index in [4.69, 9.17) is 17.3 Å². The van der Waals surface area contributed by atoms with Gasteiger partial charge in [-0.2, -0.15) is 0 Å². The number of benzene rings is 2. The third-order valence-electron chi connectivity index (χ3n) is 4.94. The molecule has 1 fully saturated rings. The second-order valence-electron chi connectivity index (χ2n) is 6.44. The number of hydrogen-bond donors (Lipinski definition) is 1. The number of fused-ring (bicyclic) bond motifs is 1. The molecule has 2 atom stereocenters. The number of nitrogens with two attached hydrogens (primary N) is 1. The number of nitrogens with zero attached hydrogens (tertiary/aromatic N) is 1. The van der Waals surface area contributed by atoms with Crippen LogP contribution in [0.4, 0.5) is 11.4 Å². The topological polar surface area (TPSA) is 46.3 Å². The van der Waals surface area contributed by atoms with Crippen LogP contribution in [0.2, 0.25) is 5.02 Å². The molecular weight excluding hydrogens is 308 g/mol. The Morgan fingerprint density at radius 2 is 2.04 bits per heavy atom. The molecular formula is C19H19ClN2O. The van der Waals surface area contributed by atoms with E-state index >= 15 is 0 Å². The van der Waals surface area contributed by atoms with Gasteiger partial charge in [0.1, 0.15) is 0 Å². The molecule has 0 radical (unpaired) electrons. The summed E-state index contributed by atoms with van der Waals surface area (Å²) in [7, 11) is 0. The van der Waals surface area contributed by atoms with Crippen molar-refractivity contribution < 1.29 is 4.79 Å². The highest BCUT2D eigenvalue weighted by molar-refractivity contribution is 6.30. The predicted molar refractivity (Wildman–Crippen MR) is 93.8 cm³/mol. The molecule has 1 aliphatic carbocycles. The van der Waals surface area contributed by atoms with E-state index in [1.54, 1.807) is 0 Å². The van der Waals surface area contributed by atoms with Crippen LogP contribution in [-0.4, -0.2) is 12.5 Å². The van der Waals surface area contributed by atoms with Gasteiger partial charge in [-0.25, -0.2) is 0 Å². The number of nitrogen functional groups attached to an aromatic ring is 1. The summed E-state index contributed by atoms with van der Waals surface area (Å²) in [5.74, 6) is 0.593. The third-order valence-corrected chi connectivity index (χ3v) is 5.17. The van der Waals surface area contributed by atoms with Crippen molar-refractivity contribution in [3.05, 3.63) is 58.6 Å². The van der Waals surface area contributed by atoms with E-state index in [9.17, 15) is 4.79 Å². The molecule has 2 aromatic rings. The molecule has 118 valence electrons. The normalized spacial score (nSPS) is 22.6. The predicted octanol–water partition coefficient (Wildman–Crippen LogP) is 4.01. The number of halogens is 1. The van der Waals surface area contributed by atoms with Gasteiger partial charge in [0, 0.05) is 28.9 Å². The summed E-state index contributed by atoms with van der Waals surface area (Å²) in [5.41, 5.74) is 10.2. The van der Waals surface area contributed by atoms with E-state index in [1.807, 2.05) is 41.3 Å². The fraction of sp³-hybridized carbons (Fsp3) is 0.316. The zero-order valence-electron chi connectivity index (χ0n) is 12.8. The highest BCUT2D eigenvalue weighted by Crippen LogP contribution is 2.50. The van der Waals surface area contributed by atoms with Crippen molar-refractivity contribution in [2.45, 2.75) is 25.2 Å². The number of carbonyl (C=O) groups excluding carboxylic acids is 1. The largest absolute Gasteiger partial charge is 0.398 e. The summed E-state index contributed by atoms with van der Waals surface area (Å²) in [6, 6.07) is 13.7. The molecule has 2 aromatic carbocycles. The highest BCUT2D eigenvalue weighted by atomic mass is 35.5. The zero-order chi connectivity index (χ0) is 16.0. The second-order valence-corrected chi connectivity index (χ2v) is 6.88. The van der Waals surface area contributed by atoms with Gasteiger partial charge in [-0.15, -0.1) is 0 Å². The number of hydrogen-bond acceptors (Lipinski definition) is 2. The maximum atomic E-state index is 13.0. The Labute approximate surface area is 141 Å². The van der Waals surface area contributed by atoms with Crippen LogP contribution in [0, 0.1) is 5.92 Å². The summed E-state index contributed by atoms with van der Waals surface area (Å²) < 4.78 is 0. The summed E-state index contributed by atoms with van der Waals surface area (Å²) in [5, 5.41) is 0.733. The molecule has 1 aliphatic heterocycles. The first-order valence-corrected chi connectivity index (χ1v) is 8.47. The molecule has 0 saturated heterocycles. The van der Waals surface area contributed by atoms with Crippen molar-refractivity contribution in [2.24, 2.45) is 5.92 Å². The Morgan fingerprint density at radius 1 is 1.22 bits per heavy atom. The van der Waals surface area contributed by atoms with Gasteiger partial charge in [0.25, 0.3) is 0 Å². The van der Waals surface area contributed by atoms with Crippen LogP contribution in [0.3, 0.4) is 0 Å². The van der Waals surface area contributed by atoms with Gasteiger partial charge in [0.2, 0.25) is 5.91 Å². The van der Waals surface area contributed by atoms with Gasteiger partial charge >= 0.3 is 0 Å². The summed E-state index contributed by atoms with van der Waals surface area (Å²) in [6.45, 7) is 0.786. The van der Waals surface area contributed by atoms with Gasteiger partial charge in [-0.1, -0.05) is 29.8 Å². The fourth-order valence-electron chi connectivity index (χ4n) is 3.65. The van der Waals surface area contributed by atoms with E-state index in [2.05, 4.69) is 6.07 Å². The van der Waals surface area contributed by atoms with E-state index in [-0.39, 0.29) is 11.8 Å². The minimum absolute atomic E-state index is 0.0702. The molecule has 0 aromatic heterocycles. The molecule has 3 nitrogen and oxygen atoms in total. The first-order valence-electron chi connectivity index (χ1n) is 8.09. The maximum Gasteiger partial charge on any atom is 0.230 e. The number of anilines is 2. The van der Waals surface area contributed by atoms with Crippen molar-refractivity contribution in [2.75, 3.05) is 17.2 Å². The SMILES string of the molecule is Nc1cccc2c1CCCN2C(=O)C1CC1c1cccc(Cl)c1. The lowest BCUT2D eigenvalue weighted by Gasteiger charge is -2.30. The first-order chi connectivity index (χ1) is 11.1. The molecule has 1 amide bonds. The molecule has 23 heavy (non-hydrogen) atoms. The average molecular weight is 327 g/mol. The lowest BCUT2D eigenvalue weighted by molar-refractivity contribution is -0.120. The van der Waals surface area contributed by atoms with Crippen molar-refractivity contribution in [1.29, 1.82) is 0 Å². The van der Waals surface area contributed by atoms with E-state index < -0.39 is 0 Å². The van der Waals surface area contributed by atoms with Crippen molar-refractivity contribution in [3.63, 3.8) is 0 Å². The van der Waals surface area contributed by atoms with Crippen molar-refractivity contribution in [1.82, 2.24) is 0 Å². The lowest BCUT2D eigenvalue weighted by atomic mass is 9.99. The quantitative estimate of drug-likeness (QED) is 0.848. The van der Waals surface area contributed by atoms with Crippen LogP contribution in [0.25, 0.3) is 0 Å². The molecule has 4 heteroatoms. The molecule has 2 N–H and O–H groups in total. The Bertz CT molecular complexity index is 774. The standard InChI is InChI=1S/C19H19ClN2O/c20-13-5-1-4-12(10-13)15-11-16(15)19(23)22-9-3-6-14-17(21)7-2-8-18(14)22/h1-2,4-5,7-8,10,15-16H,3,6,9,11,21H2. The van der Waals surface area contributed by atoms with Gasteiger partial charge in [-0.3, -0.25) is 4.79 Å². The van der Waals surface area contributed by atoms with Crippen LogP contribution in [0.5, 0.6) is 0 Å². The number of carbonyl (C=O) groups is 1. The van der Waals surface area contributed by atoms with E-state index in [0.717, 1.165) is 47.8 Å². The van der Waals surface area contributed by atoms with E-state index in [1.165, 1.54) is 5.56 Å². The van der Waals surface area contributed by atoms with Gasteiger partial charge in [0.05, 0.1) is 0 Å². The Hall–Kier alpha value is -2.00. The van der Waals surface area contributed by atoms with Crippen molar-refractivity contribution >= 4 is 28.9 Å². The monoisotopic (exact) mass is 326 g/mol. The highest BCUT2D eigenvalue weighted by Gasteiger charge is 2.46. The summed E-state index contributed by atoms with van der Waals surface area (Å²) in [6.07, 6.45) is 2.84. The maximum absolute atomic E-state index is 13.0. The van der Waals surface area contributed by atoms with Gasteiger partial charge in [-0.05, 0) is 60.6 Å². The van der Waals surface area contributed by atoms with Crippen LogP contribution in [0.1, 0.15) is 29.9 Å². The van der Waals surface area contributed by atoms with E-state index in [0.29, 0.717) is 5.92 Å². The minimum atomic E-state index is 0.0702. The first kappa shape index (κ1) is 14.6. The second kappa shape index (κ2) is 5.57. The van der Waals surface area contributed by atoms with Crippen LogP contribution >= 0.6 is 11.6 Å². The molecule has 4 rings (SSSR count). The Kier molecular flexibility index (Phi) is 3.53. The van der Waals surface area contributed by atoms with Crippen LogP contribution in [-0.2, 0) is 11.2 Å². The molecule has 2 aliphatic rings. The lowest BCUT2D eigenvalue weighted by Crippen LogP contribution is -2.37. The molecule has 1 heterocycles. The molecule has 0 spiro atoms. The zero-order valence-corrected chi connectivity index (χ0v) is 13.6. The third kappa shape index (κ3) is 2.59. The molecule has 0 bridgehead atoms. The number of rotatable bonds is 2. The molecule has 1 saturated carbocycles. The Morgan fingerprint density at radius 3 is 2.87 bits per heavy atom. The van der Waals surface area contributed by atoms with Gasteiger partial charge < -0.3 is 10.6 Å². The molecule has 2 unspecified atom stereocenters. The summed E-state index contributed by atoms with van der Waals surface area (Å²) in [4.78, 5) is 14.9. The Balaban J connectivity index is 1.57. The van der Waals surface area contributed by atoms with Crippen LogP contribution < -0.4 is 10.6 Å². The smallest absolute Gasteiger partial charge is 0.230 e.